The third-order valence-corrected chi connectivity index (χ3v) is 6.03. The molecule has 1 saturated heterocycles. The van der Waals surface area contributed by atoms with Crippen molar-refractivity contribution in [3.8, 4) is 0 Å². The molecule has 0 radical (unpaired) electrons. The van der Waals surface area contributed by atoms with Crippen LogP contribution in [-0.4, -0.2) is 35.6 Å². The van der Waals surface area contributed by atoms with E-state index in [0.29, 0.717) is 0 Å². The van der Waals surface area contributed by atoms with E-state index in [9.17, 15) is 4.55 Å². The number of benzene rings is 1. The summed E-state index contributed by atoms with van der Waals surface area (Å²) >= 11 is 2.57. The predicted molar refractivity (Wildman–Crippen MR) is 96.6 cm³/mol. The summed E-state index contributed by atoms with van der Waals surface area (Å²) in [6.45, 7) is 11.4. The summed E-state index contributed by atoms with van der Waals surface area (Å²) in [5.74, 6) is 0. The largest absolute Gasteiger partial charge is 0.598 e. The molecule has 0 amide bonds. The van der Waals surface area contributed by atoms with Crippen molar-refractivity contribution in [1.82, 2.24) is 4.72 Å². The van der Waals surface area contributed by atoms with Crippen LogP contribution < -0.4 is 9.62 Å². The predicted octanol–water partition coefficient (Wildman–Crippen LogP) is 3.40. The maximum absolute atomic E-state index is 12.2. The van der Waals surface area contributed by atoms with Crippen molar-refractivity contribution in [3.63, 3.8) is 0 Å². The van der Waals surface area contributed by atoms with Crippen LogP contribution in [0.25, 0.3) is 0 Å². The monoisotopic (exact) mass is 388 g/mol. The molecule has 2 atom stereocenters. The molecule has 1 heterocycles. The van der Waals surface area contributed by atoms with Gasteiger partial charge in [-0.1, -0.05) is 22.0 Å². The van der Waals surface area contributed by atoms with Crippen LogP contribution in [0.15, 0.2) is 22.7 Å². The Kier molecular flexibility index (Phi) is 6.19. The number of rotatable bonds is 4. The van der Waals surface area contributed by atoms with E-state index >= 15 is 0 Å². The van der Waals surface area contributed by atoms with Gasteiger partial charge in [0.1, 0.15) is 4.75 Å². The molecule has 6 heteroatoms. The molecule has 2 rings (SSSR count). The normalized spacial score (nSPS) is 19.1. The second-order valence-electron chi connectivity index (χ2n) is 6.53. The topological polar surface area (TPSA) is 47.6 Å². The van der Waals surface area contributed by atoms with Crippen LogP contribution >= 0.6 is 15.9 Å². The third-order valence-electron chi connectivity index (χ3n) is 3.67. The number of nitrogens with one attached hydrogen (secondary N) is 1. The van der Waals surface area contributed by atoms with Gasteiger partial charge < -0.3 is 14.2 Å². The standard InChI is InChI=1S/C16H25BrN2O2S/c1-12(18-22(20)16(2,3)4)14-6-5-13(11-15(14)17)19-7-9-21-10-8-19/h5-6,11-12,18H,7-10H2,1-4H3/t12-,22?/m1/s1. The van der Waals surface area contributed by atoms with Crippen molar-refractivity contribution in [2.75, 3.05) is 31.2 Å². The number of nitrogens with zero attached hydrogens (tertiary/aromatic N) is 1. The second kappa shape index (κ2) is 7.53. The molecule has 0 bridgehead atoms. The third kappa shape index (κ3) is 4.61. The van der Waals surface area contributed by atoms with Gasteiger partial charge in [0.15, 0.2) is 0 Å². The van der Waals surface area contributed by atoms with Crippen molar-refractivity contribution in [2.45, 2.75) is 38.5 Å². The van der Waals surface area contributed by atoms with Gasteiger partial charge in [0, 0.05) is 34.6 Å². The van der Waals surface area contributed by atoms with Crippen LogP contribution in [0.2, 0.25) is 0 Å². The van der Waals surface area contributed by atoms with Gasteiger partial charge in [-0.15, -0.1) is 4.72 Å². The van der Waals surface area contributed by atoms with Crippen molar-refractivity contribution >= 4 is 33.0 Å². The molecule has 0 saturated carbocycles. The fourth-order valence-electron chi connectivity index (χ4n) is 2.29. The number of ether oxygens (including phenoxy) is 1. The molecular formula is C16H25BrN2O2S. The zero-order chi connectivity index (χ0) is 16.3. The molecular weight excluding hydrogens is 364 g/mol. The Bertz CT molecular complexity index is 501. The van der Waals surface area contributed by atoms with Crippen LogP contribution in [-0.2, 0) is 16.1 Å². The lowest BCUT2D eigenvalue weighted by Gasteiger charge is -2.30. The maximum Gasteiger partial charge on any atom is 0.136 e. The van der Waals surface area contributed by atoms with Gasteiger partial charge in [-0.25, -0.2) is 0 Å². The number of hydrogen-bond acceptors (Lipinski definition) is 4. The molecule has 1 N–H and O–H groups in total. The Morgan fingerprint density at radius 2 is 1.95 bits per heavy atom. The van der Waals surface area contributed by atoms with E-state index in [1.165, 1.54) is 5.69 Å². The zero-order valence-electron chi connectivity index (χ0n) is 13.7. The molecule has 0 spiro atoms. The first-order chi connectivity index (χ1) is 10.3. The average Bonchev–Trinajstić information content (AvgIpc) is 2.46. The Morgan fingerprint density at radius 3 is 2.50 bits per heavy atom. The first-order valence-electron chi connectivity index (χ1n) is 7.59. The van der Waals surface area contributed by atoms with E-state index in [0.717, 1.165) is 36.3 Å². The van der Waals surface area contributed by atoms with E-state index in [4.69, 9.17) is 4.74 Å². The highest BCUT2D eigenvalue weighted by Crippen LogP contribution is 2.30. The molecule has 4 nitrogen and oxygen atoms in total. The quantitative estimate of drug-likeness (QED) is 0.802. The molecule has 0 aliphatic carbocycles. The van der Waals surface area contributed by atoms with Gasteiger partial charge in [-0.3, -0.25) is 0 Å². The zero-order valence-corrected chi connectivity index (χ0v) is 16.1. The van der Waals surface area contributed by atoms with Gasteiger partial charge in [0.2, 0.25) is 0 Å². The first kappa shape index (κ1) is 18.1. The molecule has 1 aromatic carbocycles. The van der Waals surface area contributed by atoms with Crippen LogP contribution in [0, 0.1) is 0 Å². The molecule has 1 aliphatic rings. The van der Waals surface area contributed by atoms with E-state index in [1.807, 2.05) is 27.7 Å². The van der Waals surface area contributed by atoms with E-state index in [1.54, 1.807) is 0 Å². The molecule has 0 aromatic heterocycles. The fourth-order valence-corrected chi connectivity index (χ4v) is 3.80. The van der Waals surface area contributed by atoms with Gasteiger partial charge in [-0.2, -0.15) is 0 Å². The van der Waals surface area contributed by atoms with Crippen molar-refractivity contribution < 1.29 is 9.29 Å². The van der Waals surface area contributed by atoms with E-state index in [-0.39, 0.29) is 10.8 Å². The highest BCUT2D eigenvalue weighted by atomic mass is 79.9. The molecule has 124 valence electrons. The summed E-state index contributed by atoms with van der Waals surface area (Å²) in [4.78, 5) is 2.32. The summed E-state index contributed by atoms with van der Waals surface area (Å²) in [5.41, 5.74) is 2.32. The SMILES string of the molecule is C[C@@H](N[S+]([O-])C(C)(C)C)c1ccc(N2CCOCC2)cc1Br. The van der Waals surface area contributed by atoms with Gasteiger partial charge >= 0.3 is 0 Å². The number of hydrogen-bond donors (Lipinski definition) is 1. The molecule has 22 heavy (non-hydrogen) atoms. The summed E-state index contributed by atoms with van der Waals surface area (Å²) in [7, 11) is 0. The van der Waals surface area contributed by atoms with E-state index < -0.39 is 11.4 Å². The maximum atomic E-state index is 12.2. The summed E-state index contributed by atoms with van der Waals surface area (Å²) in [5, 5.41) is 0. The Balaban J connectivity index is 2.08. The summed E-state index contributed by atoms with van der Waals surface area (Å²) in [6.07, 6.45) is 0. The Morgan fingerprint density at radius 1 is 1.32 bits per heavy atom. The lowest BCUT2D eigenvalue weighted by Crippen LogP contribution is -2.40. The summed E-state index contributed by atoms with van der Waals surface area (Å²) < 4.78 is 21.6. The highest BCUT2D eigenvalue weighted by Gasteiger charge is 2.29. The number of halogens is 1. The fraction of sp³-hybridized carbons (Fsp3) is 0.625. The number of morpholine rings is 1. The molecule has 1 aliphatic heterocycles. The minimum atomic E-state index is -1.08. The Hall–Kier alpha value is -0.270. The molecule has 1 fully saturated rings. The van der Waals surface area contributed by atoms with Gasteiger partial charge in [0.05, 0.1) is 19.3 Å². The van der Waals surface area contributed by atoms with Crippen LogP contribution in [0.5, 0.6) is 0 Å². The summed E-state index contributed by atoms with van der Waals surface area (Å²) in [6, 6.07) is 6.39. The van der Waals surface area contributed by atoms with E-state index in [2.05, 4.69) is 43.8 Å². The lowest BCUT2D eigenvalue weighted by molar-refractivity contribution is 0.122. The Labute approximate surface area is 145 Å². The van der Waals surface area contributed by atoms with Crippen molar-refractivity contribution in [1.29, 1.82) is 0 Å². The van der Waals surface area contributed by atoms with Crippen LogP contribution in [0.4, 0.5) is 5.69 Å². The second-order valence-corrected chi connectivity index (χ2v) is 9.38. The molecule has 1 unspecified atom stereocenters. The highest BCUT2D eigenvalue weighted by molar-refractivity contribution is 9.10. The average molecular weight is 389 g/mol. The lowest BCUT2D eigenvalue weighted by atomic mass is 10.1. The van der Waals surface area contributed by atoms with Crippen LogP contribution in [0.1, 0.15) is 39.3 Å². The van der Waals surface area contributed by atoms with Crippen molar-refractivity contribution in [2.24, 2.45) is 0 Å². The van der Waals surface area contributed by atoms with Crippen molar-refractivity contribution in [3.05, 3.63) is 28.2 Å². The molecule has 1 aromatic rings. The first-order valence-corrected chi connectivity index (χ1v) is 9.53. The number of anilines is 1. The smallest absolute Gasteiger partial charge is 0.136 e. The minimum Gasteiger partial charge on any atom is -0.598 e. The van der Waals surface area contributed by atoms with Crippen LogP contribution in [0.3, 0.4) is 0 Å². The van der Waals surface area contributed by atoms with Gasteiger partial charge in [-0.05, 0) is 45.4 Å². The van der Waals surface area contributed by atoms with Gasteiger partial charge in [0.25, 0.3) is 0 Å². The minimum absolute atomic E-state index is 0.0215.